The molecule has 0 bridgehead atoms. The van der Waals surface area contributed by atoms with Crippen LogP contribution in [0.25, 0.3) is 22.4 Å². The molecule has 0 saturated heterocycles. The first-order chi connectivity index (χ1) is 15.6. The molecule has 0 amide bonds. The zero-order valence-corrected chi connectivity index (χ0v) is 17.5. The average Bonchev–Trinajstić information content (AvgIpc) is 2.79. The van der Waals surface area contributed by atoms with Crippen LogP contribution in [0.4, 0.5) is 23.4 Å². The zero-order chi connectivity index (χ0) is 23.6. The fourth-order valence-electron chi connectivity index (χ4n) is 3.24. The van der Waals surface area contributed by atoms with Crippen LogP contribution in [0.3, 0.4) is 0 Å². The highest BCUT2D eigenvalue weighted by Gasteiger charge is 2.35. The van der Waals surface area contributed by atoms with Gasteiger partial charge in [0.1, 0.15) is 5.82 Å². The van der Waals surface area contributed by atoms with Gasteiger partial charge in [0, 0.05) is 5.56 Å². The first-order valence-electron chi connectivity index (χ1n) is 9.53. The van der Waals surface area contributed by atoms with Crippen LogP contribution in [0.15, 0.2) is 90.0 Å². The molecule has 1 N–H and O–H groups in total. The third kappa shape index (κ3) is 4.85. The summed E-state index contributed by atoms with van der Waals surface area (Å²) in [5, 5.41) is -0.629. The van der Waals surface area contributed by atoms with Crippen LogP contribution >= 0.6 is 0 Å². The molecular formula is C23H15F4N3O2S. The van der Waals surface area contributed by atoms with Gasteiger partial charge in [-0.3, -0.25) is 4.72 Å². The maximum absolute atomic E-state index is 13.8. The van der Waals surface area contributed by atoms with Gasteiger partial charge in [-0.1, -0.05) is 60.7 Å². The SMILES string of the molecule is O=S(=O)(Nc1ccc(C(F)(F)F)c(-c2ccccc2-c2ccccc2)n1)c1cccc(F)n1. The van der Waals surface area contributed by atoms with Crippen LogP contribution in [0, 0.1) is 5.95 Å². The first-order valence-corrected chi connectivity index (χ1v) is 11.0. The van der Waals surface area contributed by atoms with Crippen LogP contribution in [0.1, 0.15) is 5.56 Å². The third-order valence-electron chi connectivity index (χ3n) is 4.67. The standard InChI is InChI=1S/C23H15F4N3O2S/c24-19-11-6-12-21(28-19)33(31,32)30-20-14-13-18(23(25,26)27)22(29-20)17-10-5-4-9-16(17)15-7-2-1-3-8-15/h1-14H,(H,29,30). The van der Waals surface area contributed by atoms with Crippen molar-refractivity contribution in [2.24, 2.45) is 0 Å². The topological polar surface area (TPSA) is 72.0 Å². The molecule has 0 aliphatic heterocycles. The summed E-state index contributed by atoms with van der Waals surface area (Å²) >= 11 is 0. The van der Waals surface area contributed by atoms with Crippen molar-refractivity contribution in [1.82, 2.24) is 9.97 Å². The molecule has 0 fully saturated rings. The number of sulfonamides is 1. The highest BCUT2D eigenvalue weighted by atomic mass is 32.2. The van der Waals surface area contributed by atoms with Crippen molar-refractivity contribution in [1.29, 1.82) is 0 Å². The predicted octanol–water partition coefficient (Wildman–Crippen LogP) is 5.77. The van der Waals surface area contributed by atoms with Crippen molar-refractivity contribution in [2.75, 3.05) is 4.72 Å². The molecule has 2 heterocycles. The molecule has 4 aromatic rings. The lowest BCUT2D eigenvalue weighted by atomic mass is 9.95. The van der Waals surface area contributed by atoms with E-state index in [-0.39, 0.29) is 11.4 Å². The number of alkyl halides is 3. The summed E-state index contributed by atoms with van der Waals surface area (Å²) in [5.74, 6) is -1.39. The summed E-state index contributed by atoms with van der Waals surface area (Å²) in [6, 6.07) is 20.0. The van der Waals surface area contributed by atoms with Gasteiger partial charge in [-0.25, -0.2) is 9.97 Å². The molecule has 10 heteroatoms. The van der Waals surface area contributed by atoms with E-state index in [0.717, 1.165) is 30.3 Å². The van der Waals surface area contributed by atoms with Crippen molar-refractivity contribution < 1.29 is 26.0 Å². The van der Waals surface area contributed by atoms with Crippen LogP contribution in [0.5, 0.6) is 0 Å². The minimum atomic E-state index is -4.74. The van der Waals surface area contributed by atoms with E-state index in [4.69, 9.17) is 0 Å². The summed E-state index contributed by atoms with van der Waals surface area (Å²) in [5.41, 5.74) is -0.158. The van der Waals surface area contributed by atoms with E-state index in [1.54, 1.807) is 48.5 Å². The third-order valence-corrected chi connectivity index (χ3v) is 5.93. The van der Waals surface area contributed by atoms with E-state index in [0.29, 0.717) is 11.1 Å². The van der Waals surface area contributed by atoms with Crippen LogP contribution in [-0.2, 0) is 16.2 Å². The Bertz CT molecular complexity index is 1410. The number of pyridine rings is 2. The van der Waals surface area contributed by atoms with Gasteiger partial charge in [0.05, 0.1) is 11.3 Å². The molecule has 0 aliphatic rings. The van der Waals surface area contributed by atoms with Crippen molar-refractivity contribution in [3.05, 3.63) is 96.4 Å². The van der Waals surface area contributed by atoms with Gasteiger partial charge in [-0.05, 0) is 35.4 Å². The van der Waals surface area contributed by atoms with Gasteiger partial charge < -0.3 is 0 Å². The number of hydrogen-bond acceptors (Lipinski definition) is 4. The molecule has 0 aliphatic carbocycles. The Hall–Kier alpha value is -3.79. The van der Waals surface area contributed by atoms with E-state index < -0.39 is 38.4 Å². The van der Waals surface area contributed by atoms with E-state index >= 15 is 0 Å². The molecule has 0 radical (unpaired) electrons. The highest BCUT2D eigenvalue weighted by Crippen LogP contribution is 2.40. The number of benzene rings is 2. The fraction of sp³-hybridized carbons (Fsp3) is 0.0435. The minimum Gasteiger partial charge on any atom is -0.262 e. The number of hydrogen-bond donors (Lipinski definition) is 1. The van der Waals surface area contributed by atoms with Crippen molar-refractivity contribution in [3.63, 3.8) is 0 Å². The molecule has 5 nitrogen and oxygen atoms in total. The predicted molar refractivity (Wildman–Crippen MR) is 115 cm³/mol. The van der Waals surface area contributed by atoms with Crippen LogP contribution < -0.4 is 4.72 Å². The molecular weight excluding hydrogens is 458 g/mol. The molecule has 2 aromatic carbocycles. The lowest BCUT2D eigenvalue weighted by Gasteiger charge is -2.17. The summed E-state index contributed by atoms with van der Waals surface area (Å²) < 4.78 is 82.0. The van der Waals surface area contributed by atoms with Gasteiger partial charge in [0.2, 0.25) is 5.95 Å². The van der Waals surface area contributed by atoms with E-state index in [1.807, 2.05) is 0 Å². The maximum Gasteiger partial charge on any atom is 0.418 e. The minimum absolute atomic E-state index is 0.168. The lowest BCUT2D eigenvalue weighted by molar-refractivity contribution is -0.137. The molecule has 4 rings (SSSR count). The molecule has 0 atom stereocenters. The highest BCUT2D eigenvalue weighted by molar-refractivity contribution is 7.92. The van der Waals surface area contributed by atoms with Gasteiger partial charge >= 0.3 is 6.18 Å². The Kier molecular flexibility index (Phi) is 5.86. The fourth-order valence-corrected chi connectivity index (χ4v) is 4.20. The smallest absolute Gasteiger partial charge is 0.262 e. The average molecular weight is 473 g/mol. The quantitative estimate of drug-likeness (QED) is 0.295. The lowest BCUT2D eigenvalue weighted by Crippen LogP contribution is -2.17. The van der Waals surface area contributed by atoms with Gasteiger partial charge in [0.25, 0.3) is 10.0 Å². The molecule has 0 saturated carbocycles. The molecule has 2 aromatic heterocycles. The summed E-state index contributed by atoms with van der Waals surface area (Å²) in [7, 11) is -4.39. The molecule has 0 spiro atoms. The number of rotatable bonds is 5. The molecule has 33 heavy (non-hydrogen) atoms. The van der Waals surface area contributed by atoms with Crippen LogP contribution in [-0.4, -0.2) is 18.4 Å². The Balaban J connectivity index is 1.85. The van der Waals surface area contributed by atoms with Gasteiger partial charge in [-0.2, -0.15) is 26.0 Å². The van der Waals surface area contributed by atoms with Crippen molar-refractivity contribution in [3.8, 4) is 22.4 Å². The Morgan fingerprint density at radius 3 is 2.06 bits per heavy atom. The maximum atomic E-state index is 13.8. The molecule has 0 unspecified atom stereocenters. The van der Waals surface area contributed by atoms with Gasteiger partial charge in [0.15, 0.2) is 5.03 Å². The second kappa shape index (κ2) is 8.62. The first kappa shape index (κ1) is 22.4. The molecule has 168 valence electrons. The Labute approximate surface area is 186 Å². The summed E-state index contributed by atoms with van der Waals surface area (Å²) in [6.45, 7) is 0. The Morgan fingerprint density at radius 2 is 1.39 bits per heavy atom. The number of aromatic nitrogens is 2. The van der Waals surface area contributed by atoms with E-state index in [1.165, 1.54) is 6.07 Å². The summed E-state index contributed by atoms with van der Waals surface area (Å²) in [4.78, 5) is 7.30. The Morgan fingerprint density at radius 1 is 0.727 bits per heavy atom. The van der Waals surface area contributed by atoms with Crippen molar-refractivity contribution >= 4 is 15.8 Å². The number of halogens is 4. The second-order valence-corrected chi connectivity index (χ2v) is 8.54. The largest absolute Gasteiger partial charge is 0.418 e. The van der Waals surface area contributed by atoms with Crippen molar-refractivity contribution in [2.45, 2.75) is 11.2 Å². The number of nitrogens with zero attached hydrogens (tertiary/aromatic N) is 2. The van der Waals surface area contributed by atoms with E-state index in [9.17, 15) is 26.0 Å². The number of anilines is 1. The van der Waals surface area contributed by atoms with Crippen LogP contribution in [0.2, 0.25) is 0 Å². The second-order valence-electron chi connectivity index (χ2n) is 6.91. The number of nitrogens with one attached hydrogen (secondary N) is 1. The van der Waals surface area contributed by atoms with Gasteiger partial charge in [-0.15, -0.1) is 0 Å². The monoisotopic (exact) mass is 473 g/mol. The normalized spacial score (nSPS) is 11.9. The summed E-state index contributed by atoms with van der Waals surface area (Å²) in [6.07, 6.45) is -4.74. The zero-order valence-electron chi connectivity index (χ0n) is 16.7. The van der Waals surface area contributed by atoms with E-state index in [2.05, 4.69) is 14.7 Å².